The molecule has 14 heavy (non-hydrogen) atoms. The number of benzene rings is 1. The molecule has 0 amide bonds. The molecule has 0 heterocycles. The number of non-ortho nitro benzene ring substituents is 1. The monoisotopic (exact) mass is 191 g/mol. The fourth-order valence-electron chi connectivity index (χ4n) is 0.993. The van der Waals surface area contributed by atoms with Gasteiger partial charge in [-0.15, -0.1) is 0 Å². The smallest absolute Gasteiger partial charge is 0.270 e. The molecule has 1 N–H and O–H groups in total. The van der Waals surface area contributed by atoms with E-state index in [1.165, 1.54) is 12.1 Å². The quantitative estimate of drug-likeness (QED) is 0.412. The van der Waals surface area contributed by atoms with Crippen molar-refractivity contribution in [2.75, 3.05) is 6.61 Å². The Balaban J connectivity index is 3.14. The molecular weight excluding hydrogens is 182 g/mol. The molecule has 72 valence electrons. The molecule has 0 aliphatic carbocycles. The number of hydrogen-bond donors (Lipinski definition) is 1. The van der Waals surface area contributed by atoms with Crippen LogP contribution in [0.2, 0.25) is 0 Å². The molecule has 0 fully saturated rings. The predicted molar refractivity (Wildman–Crippen MR) is 51.8 cm³/mol. The lowest BCUT2D eigenvalue weighted by molar-refractivity contribution is -0.384. The maximum atomic E-state index is 10.4. The molecule has 0 aliphatic heterocycles. The Labute approximate surface area is 81.3 Å². The van der Waals surface area contributed by atoms with Crippen molar-refractivity contribution in [1.29, 1.82) is 0 Å². The number of nitro groups is 1. The fourth-order valence-corrected chi connectivity index (χ4v) is 0.993. The SMILES string of the molecule is Cc1ccc([N+](=O)[O-])cc1C#CCO. The molecule has 4 nitrogen and oxygen atoms in total. The van der Waals surface area contributed by atoms with Gasteiger partial charge in [0, 0.05) is 17.7 Å². The topological polar surface area (TPSA) is 63.4 Å². The van der Waals surface area contributed by atoms with E-state index in [0.29, 0.717) is 5.56 Å². The van der Waals surface area contributed by atoms with Crippen molar-refractivity contribution >= 4 is 5.69 Å². The standard InChI is InChI=1S/C10H9NO3/c1-8-4-5-10(11(13)14)7-9(8)3-2-6-12/h4-5,7,12H,6H2,1H3. The Hall–Kier alpha value is -1.86. The van der Waals surface area contributed by atoms with Gasteiger partial charge in [-0.1, -0.05) is 17.9 Å². The largest absolute Gasteiger partial charge is 0.384 e. The third-order valence-electron chi connectivity index (χ3n) is 1.73. The molecule has 1 aromatic rings. The van der Waals surface area contributed by atoms with Crippen LogP contribution in [0.5, 0.6) is 0 Å². The van der Waals surface area contributed by atoms with E-state index in [2.05, 4.69) is 11.8 Å². The lowest BCUT2D eigenvalue weighted by Gasteiger charge is -1.97. The summed E-state index contributed by atoms with van der Waals surface area (Å²) >= 11 is 0. The molecule has 4 heteroatoms. The van der Waals surface area contributed by atoms with Gasteiger partial charge in [-0.25, -0.2) is 0 Å². The Morgan fingerprint density at radius 2 is 2.29 bits per heavy atom. The summed E-state index contributed by atoms with van der Waals surface area (Å²) in [5.74, 6) is 5.11. The van der Waals surface area contributed by atoms with Gasteiger partial charge in [-0.2, -0.15) is 0 Å². The molecule has 0 spiro atoms. The average Bonchev–Trinajstić information content (AvgIpc) is 2.16. The van der Waals surface area contributed by atoms with Crippen LogP contribution < -0.4 is 0 Å². The molecule has 1 aromatic carbocycles. The second kappa shape index (κ2) is 4.40. The molecule has 0 bridgehead atoms. The van der Waals surface area contributed by atoms with Crippen molar-refractivity contribution in [1.82, 2.24) is 0 Å². The lowest BCUT2D eigenvalue weighted by Crippen LogP contribution is -1.90. The van der Waals surface area contributed by atoms with E-state index in [1.807, 2.05) is 6.92 Å². The molecule has 0 atom stereocenters. The molecule has 1 rings (SSSR count). The van der Waals surface area contributed by atoms with Crippen LogP contribution in [0.15, 0.2) is 18.2 Å². The minimum absolute atomic E-state index is 0.0119. The van der Waals surface area contributed by atoms with E-state index in [-0.39, 0.29) is 12.3 Å². The first-order valence-corrected chi connectivity index (χ1v) is 4.00. The Morgan fingerprint density at radius 3 is 2.86 bits per heavy atom. The van der Waals surface area contributed by atoms with Crippen LogP contribution in [0.4, 0.5) is 5.69 Å². The van der Waals surface area contributed by atoms with Crippen molar-refractivity contribution < 1.29 is 10.0 Å². The molecule has 0 aromatic heterocycles. The van der Waals surface area contributed by atoms with Gasteiger partial charge < -0.3 is 5.11 Å². The maximum Gasteiger partial charge on any atom is 0.270 e. The summed E-state index contributed by atoms with van der Waals surface area (Å²) in [4.78, 5) is 9.98. The van der Waals surface area contributed by atoms with E-state index < -0.39 is 4.92 Å². The Bertz CT molecular complexity index is 415. The van der Waals surface area contributed by atoms with Gasteiger partial charge in [0.25, 0.3) is 5.69 Å². The first-order valence-electron chi connectivity index (χ1n) is 4.00. The Kier molecular flexibility index (Phi) is 3.21. The normalized spacial score (nSPS) is 9.00. The summed E-state index contributed by atoms with van der Waals surface area (Å²) in [7, 11) is 0. The number of rotatable bonds is 1. The highest BCUT2D eigenvalue weighted by molar-refractivity contribution is 5.48. The van der Waals surface area contributed by atoms with Gasteiger partial charge in [-0.05, 0) is 12.5 Å². The van der Waals surface area contributed by atoms with Crippen LogP contribution in [0.3, 0.4) is 0 Å². The lowest BCUT2D eigenvalue weighted by atomic mass is 10.1. The summed E-state index contributed by atoms with van der Waals surface area (Å²) in [5, 5.41) is 18.9. The van der Waals surface area contributed by atoms with Gasteiger partial charge in [0.2, 0.25) is 0 Å². The minimum atomic E-state index is -0.469. The van der Waals surface area contributed by atoms with Crippen molar-refractivity contribution in [3.05, 3.63) is 39.4 Å². The van der Waals surface area contributed by atoms with Crippen LogP contribution in [-0.4, -0.2) is 16.6 Å². The molecule has 0 saturated heterocycles. The van der Waals surface area contributed by atoms with E-state index in [9.17, 15) is 10.1 Å². The summed E-state index contributed by atoms with van der Waals surface area (Å²) in [6.07, 6.45) is 0. The Morgan fingerprint density at radius 1 is 1.57 bits per heavy atom. The zero-order chi connectivity index (χ0) is 10.6. The van der Waals surface area contributed by atoms with Crippen LogP contribution in [-0.2, 0) is 0 Å². The first kappa shape index (κ1) is 10.2. The minimum Gasteiger partial charge on any atom is -0.384 e. The van der Waals surface area contributed by atoms with E-state index in [1.54, 1.807) is 6.07 Å². The van der Waals surface area contributed by atoms with Crippen molar-refractivity contribution in [2.45, 2.75) is 6.92 Å². The van der Waals surface area contributed by atoms with E-state index >= 15 is 0 Å². The zero-order valence-corrected chi connectivity index (χ0v) is 7.65. The number of nitrogens with zero attached hydrogens (tertiary/aromatic N) is 1. The van der Waals surface area contributed by atoms with Gasteiger partial charge in [0.05, 0.1) is 4.92 Å². The second-order valence-electron chi connectivity index (χ2n) is 2.72. The van der Waals surface area contributed by atoms with Crippen LogP contribution in [0, 0.1) is 28.9 Å². The molecule has 0 saturated carbocycles. The van der Waals surface area contributed by atoms with Crippen LogP contribution in [0.25, 0.3) is 0 Å². The van der Waals surface area contributed by atoms with Gasteiger partial charge in [-0.3, -0.25) is 10.1 Å². The summed E-state index contributed by atoms with van der Waals surface area (Å²) in [6, 6.07) is 4.47. The average molecular weight is 191 g/mol. The van der Waals surface area contributed by atoms with Crippen LogP contribution in [0.1, 0.15) is 11.1 Å². The third kappa shape index (κ3) is 2.31. The number of aliphatic hydroxyl groups excluding tert-OH is 1. The summed E-state index contributed by atoms with van der Waals surface area (Å²) in [5.41, 5.74) is 1.45. The van der Waals surface area contributed by atoms with E-state index in [4.69, 9.17) is 5.11 Å². The highest BCUT2D eigenvalue weighted by Crippen LogP contribution is 2.16. The number of nitro benzene ring substituents is 1. The van der Waals surface area contributed by atoms with Crippen molar-refractivity contribution in [3.63, 3.8) is 0 Å². The van der Waals surface area contributed by atoms with Crippen molar-refractivity contribution in [2.24, 2.45) is 0 Å². The molecule has 0 unspecified atom stereocenters. The maximum absolute atomic E-state index is 10.4. The predicted octanol–water partition coefficient (Wildman–Crippen LogP) is 1.25. The van der Waals surface area contributed by atoms with Gasteiger partial charge >= 0.3 is 0 Å². The molecule has 0 radical (unpaired) electrons. The van der Waals surface area contributed by atoms with E-state index in [0.717, 1.165) is 5.56 Å². The highest BCUT2D eigenvalue weighted by atomic mass is 16.6. The highest BCUT2D eigenvalue weighted by Gasteiger charge is 2.06. The third-order valence-corrected chi connectivity index (χ3v) is 1.73. The van der Waals surface area contributed by atoms with Crippen LogP contribution >= 0.6 is 0 Å². The second-order valence-corrected chi connectivity index (χ2v) is 2.72. The van der Waals surface area contributed by atoms with Gasteiger partial charge in [0.15, 0.2) is 0 Å². The zero-order valence-electron chi connectivity index (χ0n) is 7.65. The number of aryl methyl sites for hydroxylation is 1. The first-order chi connectivity index (χ1) is 6.65. The molecular formula is C10H9NO3. The van der Waals surface area contributed by atoms with Crippen molar-refractivity contribution in [3.8, 4) is 11.8 Å². The van der Waals surface area contributed by atoms with Gasteiger partial charge in [0.1, 0.15) is 6.61 Å². The number of hydrogen-bond acceptors (Lipinski definition) is 3. The molecule has 0 aliphatic rings. The summed E-state index contributed by atoms with van der Waals surface area (Å²) < 4.78 is 0. The summed E-state index contributed by atoms with van der Waals surface area (Å²) in [6.45, 7) is 1.56. The number of aliphatic hydroxyl groups is 1. The fraction of sp³-hybridized carbons (Fsp3) is 0.200.